The molecule has 1 fully saturated rings. The van der Waals surface area contributed by atoms with Crippen molar-refractivity contribution < 1.29 is 0 Å². The van der Waals surface area contributed by atoms with E-state index < -0.39 is 0 Å². The lowest BCUT2D eigenvalue weighted by molar-refractivity contribution is 0.209. The van der Waals surface area contributed by atoms with Crippen molar-refractivity contribution in [3.8, 4) is 6.07 Å². The standard InChI is InChI=1S/C14H22N4/c1-3-12-10-14(17(2)16-12)11-18(9-8-15)13-6-4-5-7-13/h10,13H,3-7,9,11H2,1-2H3. The summed E-state index contributed by atoms with van der Waals surface area (Å²) in [4.78, 5) is 2.31. The van der Waals surface area contributed by atoms with Crippen molar-refractivity contribution in [3.63, 3.8) is 0 Å². The maximum absolute atomic E-state index is 8.98. The Morgan fingerprint density at radius 3 is 2.78 bits per heavy atom. The normalized spacial score (nSPS) is 16.3. The first-order valence-corrected chi connectivity index (χ1v) is 6.87. The van der Waals surface area contributed by atoms with Gasteiger partial charge in [-0.05, 0) is 25.3 Å². The van der Waals surface area contributed by atoms with Crippen molar-refractivity contribution in [2.75, 3.05) is 6.54 Å². The molecular weight excluding hydrogens is 224 g/mol. The van der Waals surface area contributed by atoms with Gasteiger partial charge in [-0.15, -0.1) is 0 Å². The smallest absolute Gasteiger partial charge is 0.0871 e. The predicted molar refractivity (Wildman–Crippen MR) is 70.9 cm³/mol. The van der Waals surface area contributed by atoms with Crippen molar-refractivity contribution >= 4 is 0 Å². The fraction of sp³-hybridized carbons (Fsp3) is 0.714. The quantitative estimate of drug-likeness (QED) is 0.748. The Balaban J connectivity index is 2.07. The van der Waals surface area contributed by atoms with Crippen molar-refractivity contribution in [2.45, 2.75) is 51.6 Å². The molecule has 1 aliphatic rings. The van der Waals surface area contributed by atoms with Gasteiger partial charge in [0.15, 0.2) is 0 Å². The van der Waals surface area contributed by atoms with Crippen LogP contribution in [0.1, 0.15) is 44.0 Å². The number of aryl methyl sites for hydroxylation is 2. The molecule has 0 amide bonds. The van der Waals surface area contributed by atoms with E-state index in [0.717, 1.165) is 18.7 Å². The van der Waals surface area contributed by atoms with Gasteiger partial charge >= 0.3 is 0 Å². The van der Waals surface area contributed by atoms with Crippen LogP contribution in [0.15, 0.2) is 6.07 Å². The van der Waals surface area contributed by atoms with Crippen molar-refractivity contribution in [3.05, 3.63) is 17.5 Å². The highest BCUT2D eigenvalue weighted by atomic mass is 15.3. The molecule has 0 bridgehead atoms. The topological polar surface area (TPSA) is 44.9 Å². The highest BCUT2D eigenvalue weighted by Crippen LogP contribution is 2.24. The lowest BCUT2D eigenvalue weighted by atomic mass is 10.2. The molecule has 0 spiro atoms. The van der Waals surface area contributed by atoms with Crippen LogP contribution in [0.25, 0.3) is 0 Å². The summed E-state index contributed by atoms with van der Waals surface area (Å²) < 4.78 is 1.96. The van der Waals surface area contributed by atoms with Gasteiger partial charge in [0.05, 0.1) is 24.0 Å². The summed E-state index contributed by atoms with van der Waals surface area (Å²) in [6.45, 7) is 3.50. The van der Waals surface area contributed by atoms with E-state index >= 15 is 0 Å². The minimum atomic E-state index is 0.525. The molecule has 4 heteroatoms. The summed E-state index contributed by atoms with van der Waals surface area (Å²) in [6.07, 6.45) is 6.05. The van der Waals surface area contributed by atoms with Gasteiger partial charge in [0, 0.05) is 19.6 Å². The Labute approximate surface area is 109 Å². The molecule has 4 nitrogen and oxygen atoms in total. The molecule has 0 saturated heterocycles. The van der Waals surface area contributed by atoms with E-state index in [-0.39, 0.29) is 0 Å². The van der Waals surface area contributed by atoms with Crippen LogP contribution in [0.5, 0.6) is 0 Å². The lowest BCUT2D eigenvalue weighted by Crippen LogP contribution is -2.33. The van der Waals surface area contributed by atoms with Gasteiger partial charge in [-0.3, -0.25) is 9.58 Å². The van der Waals surface area contributed by atoms with Crippen molar-refractivity contribution in [1.82, 2.24) is 14.7 Å². The average Bonchev–Trinajstić information content (AvgIpc) is 2.99. The van der Waals surface area contributed by atoms with Gasteiger partial charge in [-0.25, -0.2) is 0 Å². The summed E-state index contributed by atoms with van der Waals surface area (Å²) in [5, 5.41) is 13.5. The third-order valence-electron chi connectivity index (χ3n) is 3.87. The second-order valence-electron chi connectivity index (χ2n) is 5.11. The third-order valence-corrected chi connectivity index (χ3v) is 3.87. The molecule has 1 aliphatic carbocycles. The summed E-state index contributed by atoms with van der Waals surface area (Å²) >= 11 is 0. The second kappa shape index (κ2) is 6.01. The molecule has 1 aromatic heterocycles. The molecule has 0 aromatic carbocycles. The largest absolute Gasteiger partial charge is 0.282 e. The molecule has 0 radical (unpaired) electrons. The van der Waals surface area contributed by atoms with E-state index in [2.05, 4.69) is 29.1 Å². The van der Waals surface area contributed by atoms with Gasteiger partial charge < -0.3 is 0 Å². The van der Waals surface area contributed by atoms with Crippen LogP contribution in [0.2, 0.25) is 0 Å². The van der Waals surface area contributed by atoms with E-state index in [1.165, 1.54) is 31.4 Å². The molecule has 1 heterocycles. The number of hydrogen-bond donors (Lipinski definition) is 0. The van der Waals surface area contributed by atoms with Crippen LogP contribution in [0, 0.1) is 11.3 Å². The minimum Gasteiger partial charge on any atom is -0.282 e. The Morgan fingerprint density at radius 2 is 2.22 bits per heavy atom. The van der Waals surface area contributed by atoms with Crippen LogP contribution < -0.4 is 0 Å². The maximum Gasteiger partial charge on any atom is 0.0871 e. The third kappa shape index (κ3) is 2.91. The number of rotatable bonds is 5. The zero-order valence-electron chi connectivity index (χ0n) is 11.4. The van der Waals surface area contributed by atoms with Crippen molar-refractivity contribution in [2.24, 2.45) is 7.05 Å². The fourth-order valence-electron chi connectivity index (χ4n) is 2.77. The van der Waals surface area contributed by atoms with E-state index in [0.29, 0.717) is 12.6 Å². The highest BCUT2D eigenvalue weighted by molar-refractivity contribution is 5.10. The van der Waals surface area contributed by atoms with Crippen LogP contribution >= 0.6 is 0 Å². The molecule has 98 valence electrons. The lowest BCUT2D eigenvalue weighted by Gasteiger charge is -2.25. The van der Waals surface area contributed by atoms with E-state index in [9.17, 15) is 0 Å². The number of aromatic nitrogens is 2. The Kier molecular flexibility index (Phi) is 4.38. The van der Waals surface area contributed by atoms with Crippen LogP contribution in [-0.2, 0) is 20.0 Å². The zero-order valence-corrected chi connectivity index (χ0v) is 11.4. The van der Waals surface area contributed by atoms with E-state index in [4.69, 9.17) is 5.26 Å². The maximum atomic E-state index is 8.98. The van der Waals surface area contributed by atoms with Gasteiger partial charge in [0.2, 0.25) is 0 Å². The molecule has 0 atom stereocenters. The SMILES string of the molecule is CCc1cc(CN(CC#N)C2CCCC2)n(C)n1. The Morgan fingerprint density at radius 1 is 1.50 bits per heavy atom. The summed E-state index contributed by atoms with van der Waals surface area (Å²) in [7, 11) is 1.99. The molecule has 0 aliphatic heterocycles. The van der Waals surface area contributed by atoms with Crippen LogP contribution in [0.3, 0.4) is 0 Å². The molecule has 2 rings (SSSR count). The van der Waals surface area contributed by atoms with Crippen LogP contribution in [0.4, 0.5) is 0 Å². The number of nitriles is 1. The average molecular weight is 246 g/mol. The molecular formula is C14H22N4. The van der Waals surface area contributed by atoms with Gasteiger partial charge in [0.1, 0.15) is 0 Å². The highest BCUT2D eigenvalue weighted by Gasteiger charge is 2.23. The van der Waals surface area contributed by atoms with E-state index in [1.54, 1.807) is 0 Å². The molecule has 18 heavy (non-hydrogen) atoms. The molecule has 0 unspecified atom stereocenters. The number of hydrogen-bond acceptors (Lipinski definition) is 3. The van der Waals surface area contributed by atoms with Gasteiger partial charge in [0.25, 0.3) is 0 Å². The molecule has 1 aromatic rings. The fourth-order valence-corrected chi connectivity index (χ4v) is 2.77. The first-order chi connectivity index (χ1) is 8.74. The first-order valence-electron chi connectivity index (χ1n) is 6.87. The summed E-state index contributed by atoms with van der Waals surface area (Å²) in [6, 6.07) is 5.06. The summed E-state index contributed by atoms with van der Waals surface area (Å²) in [5.41, 5.74) is 2.35. The zero-order chi connectivity index (χ0) is 13.0. The van der Waals surface area contributed by atoms with E-state index in [1.807, 2.05) is 11.7 Å². The van der Waals surface area contributed by atoms with Gasteiger partial charge in [-0.1, -0.05) is 19.8 Å². The number of nitrogens with zero attached hydrogens (tertiary/aromatic N) is 4. The minimum absolute atomic E-state index is 0.525. The molecule has 0 N–H and O–H groups in total. The van der Waals surface area contributed by atoms with Crippen molar-refractivity contribution in [1.29, 1.82) is 5.26 Å². The Bertz CT molecular complexity index is 423. The van der Waals surface area contributed by atoms with Gasteiger partial charge in [-0.2, -0.15) is 10.4 Å². The predicted octanol–water partition coefficient (Wildman–Crippen LogP) is 2.25. The van der Waals surface area contributed by atoms with Crippen LogP contribution in [-0.4, -0.2) is 27.3 Å². The monoisotopic (exact) mass is 246 g/mol. The molecule has 1 saturated carbocycles. The summed E-state index contributed by atoms with van der Waals surface area (Å²) in [5.74, 6) is 0. The Hall–Kier alpha value is -1.34. The second-order valence-corrected chi connectivity index (χ2v) is 5.11. The first kappa shape index (κ1) is 13.1.